The number of anilines is 1. The molecule has 1 unspecified atom stereocenters. The quantitative estimate of drug-likeness (QED) is 0.869. The molecule has 1 aliphatic heterocycles. The van der Waals surface area contributed by atoms with E-state index in [0.29, 0.717) is 18.1 Å². The van der Waals surface area contributed by atoms with Crippen molar-refractivity contribution in [2.75, 3.05) is 12.3 Å². The van der Waals surface area contributed by atoms with Gasteiger partial charge in [0.1, 0.15) is 0 Å². The highest BCUT2D eigenvalue weighted by atomic mass is 79.9. The Morgan fingerprint density at radius 3 is 3.10 bits per heavy atom. The number of nitrogen functional groups attached to an aromatic ring is 1. The van der Waals surface area contributed by atoms with Crippen LogP contribution >= 0.6 is 15.9 Å². The lowest BCUT2D eigenvalue weighted by Crippen LogP contribution is -2.30. The number of benzene rings is 1. The van der Waals surface area contributed by atoms with E-state index in [-0.39, 0.29) is 5.60 Å². The molecule has 2 N–H and O–H groups in total. The molecular formula is C13H16BrN5O. The smallest absolute Gasteiger partial charge is 0.183 e. The molecule has 1 fully saturated rings. The molecule has 1 aromatic carbocycles. The fraction of sp³-hybridized carbons (Fsp3) is 0.462. The molecule has 0 spiro atoms. The van der Waals surface area contributed by atoms with Gasteiger partial charge in [0, 0.05) is 17.9 Å². The second kappa shape index (κ2) is 5.14. The number of halogens is 1. The molecule has 106 valence electrons. The Bertz CT molecular complexity index is 621. The van der Waals surface area contributed by atoms with Gasteiger partial charge in [-0.2, -0.15) is 0 Å². The Morgan fingerprint density at radius 1 is 1.50 bits per heavy atom. The highest BCUT2D eigenvalue weighted by Gasteiger charge is 2.32. The van der Waals surface area contributed by atoms with Crippen molar-refractivity contribution in [3.8, 4) is 11.4 Å². The van der Waals surface area contributed by atoms with E-state index in [1.807, 2.05) is 18.2 Å². The maximum absolute atomic E-state index is 5.92. The first-order chi connectivity index (χ1) is 9.59. The topological polar surface area (TPSA) is 78.9 Å². The molecule has 0 amide bonds. The maximum Gasteiger partial charge on any atom is 0.183 e. The number of aromatic nitrogens is 4. The molecule has 20 heavy (non-hydrogen) atoms. The monoisotopic (exact) mass is 337 g/mol. The first-order valence-corrected chi connectivity index (χ1v) is 7.33. The number of rotatable bonds is 3. The van der Waals surface area contributed by atoms with Gasteiger partial charge in [0.2, 0.25) is 0 Å². The Hall–Kier alpha value is -1.47. The highest BCUT2D eigenvalue weighted by Crippen LogP contribution is 2.33. The van der Waals surface area contributed by atoms with Crippen LogP contribution in [0.2, 0.25) is 0 Å². The number of tetrazole rings is 1. The van der Waals surface area contributed by atoms with Crippen LogP contribution in [0.1, 0.15) is 19.8 Å². The Balaban J connectivity index is 1.96. The van der Waals surface area contributed by atoms with Gasteiger partial charge in [-0.05, 0) is 58.3 Å². The SMILES string of the molecule is CC1(Cn2nnnc2-c2cccc(N)c2Br)CCCO1. The van der Waals surface area contributed by atoms with E-state index in [1.54, 1.807) is 4.68 Å². The van der Waals surface area contributed by atoms with Crippen LogP contribution in [0.15, 0.2) is 22.7 Å². The van der Waals surface area contributed by atoms with Gasteiger partial charge < -0.3 is 10.5 Å². The molecule has 3 rings (SSSR count). The standard InChI is InChI=1S/C13H16BrN5O/c1-13(6-3-7-20-13)8-19-12(16-17-18-19)9-4-2-5-10(15)11(9)14/h2,4-5H,3,6-8,15H2,1H3. The summed E-state index contributed by atoms with van der Waals surface area (Å²) < 4.78 is 8.40. The summed E-state index contributed by atoms with van der Waals surface area (Å²) in [5.41, 5.74) is 7.27. The van der Waals surface area contributed by atoms with Gasteiger partial charge in [0.15, 0.2) is 5.82 Å². The molecule has 1 aromatic heterocycles. The summed E-state index contributed by atoms with van der Waals surface area (Å²) in [5, 5.41) is 12.0. The molecule has 1 atom stereocenters. The summed E-state index contributed by atoms with van der Waals surface area (Å²) in [6.07, 6.45) is 2.10. The van der Waals surface area contributed by atoms with Crippen LogP contribution in [0.5, 0.6) is 0 Å². The van der Waals surface area contributed by atoms with E-state index < -0.39 is 0 Å². The molecule has 0 bridgehead atoms. The van der Waals surface area contributed by atoms with Crippen molar-refractivity contribution in [1.29, 1.82) is 0 Å². The largest absolute Gasteiger partial charge is 0.398 e. The molecular weight excluding hydrogens is 322 g/mol. The Labute approximate surface area is 125 Å². The fourth-order valence-electron chi connectivity index (χ4n) is 2.50. The van der Waals surface area contributed by atoms with Crippen LogP contribution in [0, 0.1) is 0 Å². The van der Waals surface area contributed by atoms with Gasteiger partial charge in [-0.25, -0.2) is 4.68 Å². The minimum Gasteiger partial charge on any atom is -0.398 e. The molecule has 0 radical (unpaired) electrons. The summed E-state index contributed by atoms with van der Waals surface area (Å²) >= 11 is 3.50. The second-order valence-corrected chi connectivity index (χ2v) is 6.06. The van der Waals surface area contributed by atoms with E-state index >= 15 is 0 Å². The molecule has 2 aromatic rings. The third kappa shape index (κ3) is 2.43. The number of nitrogens with two attached hydrogens (primary N) is 1. The summed E-state index contributed by atoms with van der Waals surface area (Å²) in [6, 6.07) is 5.67. The summed E-state index contributed by atoms with van der Waals surface area (Å²) in [7, 11) is 0. The summed E-state index contributed by atoms with van der Waals surface area (Å²) in [5.74, 6) is 0.695. The first kappa shape index (κ1) is 13.5. The van der Waals surface area contributed by atoms with Crippen molar-refractivity contribution < 1.29 is 4.74 Å². The third-order valence-corrected chi connectivity index (χ3v) is 4.47. The minimum atomic E-state index is -0.197. The minimum absolute atomic E-state index is 0.197. The van der Waals surface area contributed by atoms with Crippen molar-refractivity contribution >= 4 is 21.6 Å². The van der Waals surface area contributed by atoms with Crippen LogP contribution in [-0.2, 0) is 11.3 Å². The predicted molar refractivity (Wildman–Crippen MR) is 79.0 cm³/mol. The zero-order chi connectivity index (χ0) is 14.2. The molecule has 0 saturated carbocycles. The second-order valence-electron chi connectivity index (χ2n) is 5.27. The van der Waals surface area contributed by atoms with E-state index in [4.69, 9.17) is 10.5 Å². The lowest BCUT2D eigenvalue weighted by atomic mass is 10.0. The van der Waals surface area contributed by atoms with E-state index in [2.05, 4.69) is 38.4 Å². The lowest BCUT2D eigenvalue weighted by Gasteiger charge is -2.23. The zero-order valence-corrected chi connectivity index (χ0v) is 12.8. The first-order valence-electron chi connectivity index (χ1n) is 6.54. The van der Waals surface area contributed by atoms with Crippen LogP contribution in [-0.4, -0.2) is 32.4 Å². The molecule has 2 heterocycles. The van der Waals surface area contributed by atoms with Gasteiger partial charge in [-0.1, -0.05) is 6.07 Å². The highest BCUT2D eigenvalue weighted by molar-refractivity contribution is 9.10. The fourth-order valence-corrected chi connectivity index (χ4v) is 2.95. The average Bonchev–Trinajstić information content (AvgIpc) is 3.03. The zero-order valence-electron chi connectivity index (χ0n) is 11.2. The van der Waals surface area contributed by atoms with Crippen LogP contribution < -0.4 is 5.73 Å². The number of hydrogen-bond acceptors (Lipinski definition) is 5. The van der Waals surface area contributed by atoms with Gasteiger partial charge in [0.25, 0.3) is 0 Å². The molecule has 7 heteroatoms. The van der Waals surface area contributed by atoms with Crippen molar-refractivity contribution in [1.82, 2.24) is 20.2 Å². The third-order valence-electron chi connectivity index (χ3n) is 3.59. The molecule has 0 aliphatic carbocycles. The van der Waals surface area contributed by atoms with Gasteiger partial charge in [0.05, 0.1) is 16.6 Å². The Morgan fingerprint density at radius 2 is 2.35 bits per heavy atom. The van der Waals surface area contributed by atoms with Crippen molar-refractivity contribution in [3.05, 3.63) is 22.7 Å². The number of nitrogens with zero attached hydrogens (tertiary/aromatic N) is 4. The van der Waals surface area contributed by atoms with E-state index in [1.165, 1.54) is 0 Å². The summed E-state index contributed by atoms with van der Waals surface area (Å²) in [6.45, 7) is 3.53. The number of hydrogen-bond donors (Lipinski definition) is 1. The predicted octanol–water partition coefficient (Wildman–Crippen LogP) is 2.25. The lowest BCUT2D eigenvalue weighted by molar-refractivity contribution is 0.00355. The van der Waals surface area contributed by atoms with Crippen molar-refractivity contribution in [2.24, 2.45) is 0 Å². The average molecular weight is 338 g/mol. The maximum atomic E-state index is 5.92. The van der Waals surface area contributed by atoms with E-state index in [9.17, 15) is 0 Å². The van der Waals surface area contributed by atoms with Gasteiger partial charge in [-0.3, -0.25) is 0 Å². The molecule has 6 nitrogen and oxygen atoms in total. The van der Waals surface area contributed by atoms with Crippen molar-refractivity contribution in [3.63, 3.8) is 0 Å². The Kier molecular flexibility index (Phi) is 3.47. The summed E-state index contributed by atoms with van der Waals surface area (Å²) in [4.78, 5) is 0. The molecule has 1 saturated heterocycles. The van der Waals surface area contributed by atoms with Gasteiger partial charge >= 0.3 is 0 Å². The van der Waals surface area contributed by atoms with Gasteiger partial charge in [-0.15, -0.1) is 5.10 Å². The normalized spacial score (nSPS) is 22.3. The number of ether oxygens (including phenoxy) is 1. The van der Waals surface area contributed by atoms with Crippen LogP contribution in [0.25, 0.3) is 11.4 Å². The van der Waals surface area contributed by atoms with Crippen molar-refractivity contribution in [2.45, 2.75) is 31.9 Å². The van der Waals surface area contributed by atoms with Crippen LogP contribution in [0.3, 0.4) is 0 Å². The molecule has 1 aliphatic rings. The van der Waals surface area contributed by atoms with E-state index in [0.717, 1.165) is 29.5 Å². The van der Waals surface area contributed by atoms with Crippen LogP contribution in [0.4, 0.5) is 5.69 Å².